The average Bonchev–Trinajstić information content (AvgIpc) is 2.31. The van der Waals surface area contributed by atoms with Gasteiger partial charge in [-0.1, -0.05) is 12.1 Å². The third-order valence-corrected chi connectivity index (χ3v) is 2.48. The van der Waals surface area contributed by atoms with E-state index >= 15 is 0 Å². The van der Waals surface area contributed by atoms with Crippen molar-refractivity contribution in [1.82, 2.24) is 0 Å². The largest absolute Gasteiger partial charge is 0.497 e. The van der Waals surface area contributed by atoms with Crippen molar-refractivity contribution >= 4 is 0 Å². The fourth-order valence-electron chi connectivity index (χ4n) is 1.65. The van der Waals surface area contributed by atoms with E-state index in [1.807, 2.05) is 31.2 Å². The van der Waals surface area contributed by atoms with E-state index in [9.17, 15) is 0 Å². The molecule has 90 valence electrons. The summed E-state index contributed by atoms with van der Waals surface area (Å²) in [6.07, 6.45) is 1.61. The van der Waals surface area contributed by atoms with Crippen LogP contribution >= 0.6 is 0 Å². The van der Waals surface area contributed by atoms with Gasteiger partial charge in [0.05, 0.1) is 13.2 Å². The fraction of sp³-hybridized carbons (Fsp3) is 0.538. The Hall–Kier alpha value is -1.06. The molecule has 0 saturated carbocycles. The zero-order chi connectivity index (χ0) is 11.8. The minimum absolute atomic E-state index is 0.100. The Bertz CT molecular complexity index is 276. The van der Waals surface area contributed by atoms with Gasteiger partial charge in [0.25, 0.3) is 0 Å². The lowest BCUT2D eigenvalue weighted by Gasteiger charge is -2.16. The van der Waals surface area contributed by atoms with Gasteiger partial charge < -0.3 is 14.6 Å². The summed E-state index contributed by atoms with van der Waals surface area (Å²) in [6.45, 7) is 2.82. The molecule has 0 aromatic heterocycles. The molecule has 0 radical (unpaired) electrons. The van der Waals surface area contributed by atoms with Crippen LogP contribution in [0.5, 0.6) is 5.75 Å². The molecule has 1 aromatic carbocycles. The van der Waals surface area contributed by atoms with Crippen molar-refractivity contribution in [2.24, 2.45) is 0 Å². The fourth-order valence-corrected chi connectivity index (χ4v) is 1.65. The Labute approximate surface area is 97.0 Å². The SMILES string of the molecule is CCOC(CCO)Cc1ccc(OC)cc1. The number of methoxy groups -OCH3 is 1. The zero-order valence-corrected chi connectivity index (χ0v) is 9.98. The molecule has 0 amide bonds. The molecule has 1 atom stereocenters. The standard InChI is InChI=1S/C13H20O3/c1-3-16-13(8-9-14)10-11-4-6-12(15-2)7-5-11/h4-7,13-14H,3,8-10H2,1-2H3. The van der Waals surface area contributed by atoms with Crippen LogP contribution in [0, 0.1) is 0 Å². The summed E-state index contributed by atoms with van der Waals surface area (Å²) in [7, 11) is 1.66. The number of hydrogen-bond acceptors (Lipinski definition) is 3. The molecule has 3 heteroatoms. The van der Waals surface area contributed by atoms with Crippen LogP contribution in [0.25, 0.3) is 0 Å². The monoisotopic (exact) mass is 224 g/mol. The van der Waals surface area contributed by atoms with Crippen LogP contribution in [-0.4, -0.2) is 31.5 Å². The maximum atomic E-state index is 8.92. The summed E-state index contributed by atoms with van der Waals surface area (Å²) < 4.78 is 10.6. The number of hydrogen-bond donors (Lipinski definition) is 1. The summed E-state index contributed by atoms with van der Waals surface area (Å²) in [4.78, 5) is 0. The lowest BCUT2D eigenvalue weighted by atomic mass is 10.1. The summed E-state index contributed by atoms with van der Waals surface area (Å²) in [5.74, 6) is 0.860. The van der Waals surface area contributed by atoms with Gasteiger partial charge >= 0.3 is 0 Å². The molecule has 0 fully saturated rings. The van der Waals surface area contributed by atoms with Crippen molar-refractivity contribution in [2.45, 2.75) is 25.9 Å². The van der Waals surface area contributed by atoms with Crippen molar-refractivity contribution < 1.29 is 14.6 Å². The second-order valence-corrected chi connectivity index (χ2v) is 3.64. The van der Waals surface area contributed by atoms with Crippen LogP contribution in [0.1, 0.15) is 18.9 Å². The van der Waals surface area contributed by atoms with Crippen molar-refractivity contribution in [3.05, 3.63) is 29.8 Å². The zero-order valence-electron chi connectivity index (χ0n) is 9.98. The molecule has 1 rings (SSSR count). The predicted molar refractivity (Wildman–Crippen MR) is 63.8 cm³/mol. The molecular formula is C13H20O3. The molecule has 3 nitrogen and oxygen atoms in total. The lowest BCUT2D eigenvalue weighted by molar-refractivity contribution is 0.0444. The van der Waals surface area contributed by atoms with E-state index in [0.29, 0.717) is 13.0 Å². The summed E-state index contributed by atoms with van der Waals surface area (Å²) in [6, 6.07) is 7.94. The summed E-state index contributed by atoms with van der Waals surface area (Å²) in [5.41, 5.74) is 1.20. The number of ether oxygens (including phenoxy) is 2. The van der Waals surface area contributed by atoms with Gasteiger partial charge in [0.15, 0.2) is 0 Å². The van der Waals surface area contributed by atoms with Crippen LogP contribution in [0.2, 0.25) is 0 Å². The molecule has 0 bridgehead atoms. The highest BCUT2D eigenvalue weighted by atomic mass is 16.5. The third-order valence-electron chi connectivity index (χ3n) is 2.48. The highest BCUT2D eigenvalue weighted by Gasteiger charge is 2.08. The maximum absolute atomic E-state index is 8.92. The quantitative estimate of drug-likeness (QED) is 0.770. The first kappa shape index (κ1) is 13.0. The van der Waals surface area contributed by atoms with E-state index < -0.39 is 0 Å². The van der Waals surface area contributed by atoms with Gasteiger partial charge in [0.2, 0.25) is 0 Å². The first-order valence-corrected chi connectivity index (χ1v) is 5.65. The summed E-state index contributed by atoms with van der Waals surface area (Å²) >= 11 is 0. The highest BCUT2D eigenvalue weighted by Crippen LogP contribution is 2.14. The predicted octanol–water partition coefficient (Wildman–Crippen LogP) is 2.03. The van der Waals surface area contributed by atoms with Crippen molar-refractivity contribution in [3.8, 4) is 5.75 Å². The van der Waals surface area contributed by atoms with Crippen LogP contribution in [0.4, 0.5) is 0 Å². The van der Waals surface area contributed by atoms with Crippen LogP contribution < -0.4 is 4.74 Å². The molecule has 0 aliphatic heterocycles. The number of benzene rings is 1. The maximum Gasteiger partial charge on any atom is 0.118 e. The molecule has 0 aliphatic carbocycles. The van der Waals surface area contributed by atoms with Crippen LogP contribution in [0.3, 0.4) is 0 Å². The lowest BCUT2D eigenvalue weighted by Crippen LogP contribution is -2.17. The molecule has 16 heavy (non-hydrogen) atoms. The van der Waals surface area contributed by atoms with E-state index in [-0.39, 0.29) is 12.7 Å². The van der Waals surface area contributed by atoms with Gasteiger partial charge in [0, 0.05) is 13.2 Å². The Morgan fingerprint density at radius 2 is 1.94 bits per heavy atom. The molecular weight excluding hydrogens is 204 g/mol. The van der Waals surface area contributed by atoms with E-state index in [2.05, 4.69) is 0 Å². The highest BCUT2D eigenvalue weighted by molar-refractivity contribution is 5.27. The van der Waals surface area contributed by atoms with Gasteiger partial charge in [-0.2, -0.15) is 0 Å². The van der Waals surface area contributed by atoms with Gasteiger partial charge in [-0.05, 0) is 37.5 Å². The van der Waals surface area contributed by atoms with E-state index in [1.54, 1.807) is 7.11 Å². The Morgan fingerprint density at radius 3 is 2.44 bits per heavy atom. The molecule has 1 unspecified atom stereocenters. The van der Waals surface area contributed by atoms with Gasteiger partial charge in [-0.15, -0.1) is 0 Å². The van der Waals surface area contributed by atoms with E-state index in [1.165, 1.54) is 5.56 Å². The Morgan fingerprint density at radius 1 is 1.25 bits per heavy atom. The Balaban J connectivity index is 2.54. The van der Waals surface area contributed by atoms with E-state index in [0.717, 1.165) is 12.2 Å². The van der Waals surface area contributed by atoms with Gasteiger partial charge in [0.1, 0.15) is 5.75 Å². The first-order chi connectivity index (χ1) is 7.80. The number of aliphatic hydroxyl groups excluding tert-OH is 1. The molecule has 0 spiro atoms. The van der Waals surface area contributed by atoms with Crippen molar-refractivity contribution in [3.63, 3.8) is 0 Å². The second-order valence-electron chi connectivity index (χ2n) is 3.64. The van der Waals surface area contributed by atoms with Gasteiger partial charge in [-0.25, -0.2) is 0 Å². The Kier molecular flexibility index (Phi) is 5.90. The summed E-state index contributed by atoms with van der Waals surface area (Å²) in [5, 5.41) is 8.92. The van der Waals surface area contributed by atoms with Gasteiger partial charge in [-0.3, -0.25) is 0 Å². The smallest absolute Gasteiger partial charge is 0.118 e. The minimum atomic E-state index is 0.100. The molecule has 0 saturated heterocycles. The minimum Gasteiger partial charge on any atom is -0.497 e. The number of rotatable bonds is 7. The third kappa shape index (κ3) is 4.21. The molecule has 0 aliphatic rings. The first-order valence-electron chi connectivity index (χ1n) is 5.65. The molecule has 1 aromatic rings. The normalized spacial score (nSPS) is 12.4. The van der Waals surface area contributed by atoms with Crippen molar-refractivity contribution in [2.75, 3.05) is 20.3 Å². The van der Waals surface area contributed by atoms with E-state index in [4.69, 9.17) is 14.6 Å². The van der Waals surface area contributed by atoms with Crippen molar-refractivity contribution in [1.29, 1.82) is 0 Å². The number of aliphatic hydroxyl groups is 1. The molecule has 1 N–H and O–H groups in total. The topological polar surface area (TPSA) is 38.7 Å². The van der Waals surface area contributed by atoms with Crippen LogP contribution in [-0.2, 0) is 11.2 Å². The van der Waals surface area contributed by atoms with Crippen LogP contribution in [0.15, 0.2) is 24.3 Å². The average molecular weight is 224 g/mol. The molecule has 0 heterocycles. The second kappa shape index (κ2) is 7.25.